The lowest BCUT2D eigenvalue weighted by atomic mass is 9.95. The molecular weight excluding hydrogens is 1980 g/mol. The van der Waals surface area contributed by atoms with E-state index in [4.69, 9.17) is 27.8 Å². The van der Waals surface area contributed by atoms with Crippen LogP contribution >= 0.6 is 31.9 Å². The Bertz CT molecular complexity index is 7870. The molecule has 1 aliphatic rings. The van der Waals surface area contributed by atoms with E-state index >= 15 is 0 Å². The molecule has 0 spiro atoms. The first kappa shape index (κ1) is 98.5. The molecule has 10 heterocycles. The van der Waals surface area contributed by atoms with Gasteiger partial charge in [0.2, 0.25) is 0 Å². The van der Waals surface area contributed by atoms with Crippen molar-refractivity contribution in [1.29, 1.82) is 0 Å². The molecule has 0 bridgehead atoms. The number of benzene rings is 8. The third-order valence-corrected chi connectivity index (χ3v) is 31.1. The minimum Gasteiger partial charge on any atom is -0.381 e. The van der Waals surface area contributed by atoms with Gasteiger partial charge in [0.05, 0.1) is 86.7 Å². The minimum absolute atomic E-state index is 0.00491. The van der Waals surface area contributed by atoms with Crippen LogP contribution in [-0.4, -0.2) is 136 Å². The van der Waals surface area contributed by atoms with Gasteiger partial charge in [0, 0.05) is 162 Å². The number of pyridine rings is 1. The van der Waals surface area contributed by atoms with Gasteiger partial charge in [-0.1, -0.05) is 168 Å². The molecule has 1 fully saturated rings. The predicted molar refractivity (Wildman–Crippen MR) is 509 cm³/mol. The van der Waals surface area contributed by atoms with Gasteiger partial charge in [-0.3, -0.25) is 24.2 Å². The number of nitrogens with zero attached hydrogens (tertiary/aromatic N) is 9. The van der Waals surface area contributed by atoms with Crippen LogP contribution in [0.3, 0.4) is 0 Å². The van der Waals surface area contributed by atoms with E-state index in [1.54, 1.807) is 175 Å². The average Bonchev–Trinajstić information content (AvgIpc) is 1.60. The first-order valence-corrected chi connectivity index (χ1v) is 51.0. The van der Waals surface area contributed by atoms with E-state index in [0.717, 1.165) is 70.6 Å². The topological polar surface area (TPSA) is 351 Å². The maximum absolute atomic E-state index is 14.3. The Hall–Kier alpha value is -13.0. The maximum atomic E-state index is 14.3. The molecule has 1 saturated heterocycles. The van der Waals surface area contributed by atoms with Gasteiger partial charge in [-0.05, 0) is 143 Å². The number of hydrogen-bond donors (Lipinski definition) is 0. The fourth-order valence-electron chi connectivity index (χ4n) is 16.2. The van der Waals surface area contributed by atoms with Gasteiger partial charge in [-0.25, -0.2) is 42.5 Å². The smallest absolute Gasteiger partial charge is 0.381 e. The molecule has 1 aliphatic heterocycles. The summed E-state index contributed by atoms with van der Waals surface area (Å²) < 4.78 is 207. The molecule has 26 nitrogen and oxygen atoms in total. The number of alkyl halides is 3. The number of aromatic nitrogens is 9. The van der Waals surface area contributed by atoms with Gasteiger partial charge in [0.25, 0.3) is 0 Å². The molecule has 18 rings (SSSR count). The Morgan fingerprint density at radius 2 is 0.818 bits per heavy atom. The van der Waals surface area contributed by atoms with E-state index in [2.05, 4.69) is 76.8 Å². The highest BCUT2D eigenvalue weighted by atomic mass is 79.9. The zero-order chi connectivity index (χ0) is 97.4. The van der Waals surface area contributed by atoms with Crippen LogP contribution in [0.2, 0.25) is 0 Å². The monoisotopic (exact) mass is 2070 g/mol. The second-order valence-corrected chi connectivity index (χ2v) is 43.2. The number of sulfone groups is 4. The third-order valence-electron chi connectivity index (χ3n) is 22.9. The summed E-state index contributed by atoms with van der Waals surface area (Å²) in [6, 6.07) is 61.0. The van der Waals surface area contributed by atoms with E-state index in [1.807, 2.05) is 41.1 Å². The molecule has 17 aromatic rings. The summed E-state index contributed by atoms with van der Waals surface area (Å²) in [5, 5.41) is 15.8. The fourth-order valence-corrected chi connectivity index (χ4v) is 22.9. The lowest BCUT2D eigenvalue weighted by molar-refractivity contribution is -0.137. The fraction of sp³-hybridized carbons (Fsp3) is 0.230. The highest BCUT2D eigenvalue weighted by Crippen LogP contribution is 2.37. The molecule has 37 heteroatoms. The predicted octanol–water partition coefficient (Wildman–Crippen LogP) is 19.5. The third kappa shape index (κ3) is 24.0. The van der Waals surface area contributed by atoms with E-state index in [1.165, 1.54) is 49.8 Å². The van der Waals surface area contributed by atoms with Crippen molar-refractivity contribution in [3.05, 3.63) is 349 Å². The quantitative estimate of drug-likeness (QED) is 0.0377. The molecule has 8 aromatic carbocycles. The van der Waals surface area contributed by atoms with Gasteiger partial charge in [-0.15, -0.1) is 0 Å². The van der Waals surface area contributed by atoms with E-state index < -0.39 is 103 Å². The number of hydrogen-bond acceptors (Lipinski definition) is 22. The number of ether oxygens (including phenoxy) is 1. The number of Topliss-reactive ketones (excluding diaryl/α,β-unsaturated/α-hetero) is 4. The zero-order valence-electron chi connectivity index (χ0n) is 74.2. The normalized spacial score (nSPS) is 13.0. The van der Waals surface area contributed by atoms with E-state index in [-0.39, 0.29) is 70.7 Å². The number of fused-ring (bicyclic) bond motifs is 4. The van der Waals surface area contributed by atoms with Crippen molar-refractivity contribution in [2.24, 2.45) is 0 Å². The zero-order valence-corrected chi connectivity index (χ0v) is 80.6. The SMILES string of the molecule is Cc1cc(CC(=O)C(C)S(=O)(=O)c2cn(Cc3cc(Br)ccc3F)c3ccccc23)no1.Cc1cc(CC(=O)CS(=O)(=O)c2cn(Cc3ccc(Br)cc3F)c3ccccc23)no1.Cc1cc(CC(=O)CS(=O)(=O)c2cn(Cc3ccc(C(F)(F)F)cc3)c3ccccc23)no1.Cc1cc(CC(=O)CS(=O)(=O)c2cn(Cc3cccc(-c4ccc(C5CCOCC5)nc4)c3)c3ccccc23)no1. The minimum atomic E-state index is -4.43. The van der Waals surface area contributed by atoms with E-state index in [9.17, 15) is 74.8 Å². The van der Waals surface area contributed by atoms with Crippen molar-refractivity contribution >= 4 is 138 Å². The van der Waals surface area contributed by atoms with Crippen LogP contribution in [-0.2, 0) is 121 Å². The number of halogens is 7. The molecule has 1 unspecified atom stereocenters. The summed E-state index contributed by atoms with van der Waals surface area (Å²) in [6.07, 6.45) is 4.98. The number of aryl methyl sites for hydroxylation is 4. The molecule has 708 valence electrons. The first-order chi connectivity index (χ1) is 65.3. The highest BCUT2D eigenvalue weighted by Gasteiger charge is 2.36. The Morgan fingerprint density at radius 1 is 0.416 bits per heavy atom. The van der Waals surface area contributed by atoms with Crippen LogP contribution in [0.5, 0.6) is 0 Å². The standard InChI is InChI=1S/C32H31N3O5S.C23H20BrFN2O4S.C23H19F3N2O4S.C22H18BrFN2O4S/c1-22-15-27(34-40-22)17-28(36)21-41(37,38)32-20-35(31-8-3-2-7-29(31)32)19-23-5-4-6-25(16-23)26-9-10-30(33-18-26)24-11-13-39-14-12-24;1-14-9-18(26-31-14)11-22(28)15(2)32(29,30)23-13-27(21-6-4-3-5-19(21)23)12-16-10-17(24)7-8-20(16)25;1-15-10-18(27-32-15)11-19(29)14-33(30,31)22-13-28(21-5-3-2-4-20(21)22)12-16-6-8-17(9-7-16)23(24,25)26;1-14-8-17(25-30-14)10-18(27)13-31(28,29)22-12-26(21-5-3-2-4-19(21)22)11-15-6-7-16(23)9-20(15)24/h2-10,15-16,18,20,24H,11-14,17,19,21H2,1H3;3-10,13,15H,11-12H2,1-2H3;2-10,13H,11-12,14H2,1H3;2-9,12H,10-11,13H2,1H3. The van der Waals surface area contributed by atoms with Crippen molar-refractivity contribution in [2.45, 2.75) is 136 Å². The lowest BCUT2D eigenvalue weighted by Gasteiger charge is -2.21. The van der Waals surface area contributed by atoms with Crippen molar-refractivity contribution in [3.63, 3.8) is 0 Å². The number of carbonyl (C=O) groups excluding carboxylic acids is 4. The maximum Gasteiger partial charge on any atom is 0.416 e. The Kier molecular flexibility index (Phi) is 30.1. The van der Waals surface area contributed by atoms with Crippen molar-refractivity contribution < 1.29 is 97.6 Å². The lowest BCUT2D eigenvalue weighted by Crippen LogP contribution is -2.28. The summed E-state index contributed by atoms with van der Waals surface area (Å²) in [5.74, 6) is -2.01. The molecule has 9 aromatic heterocycles. The van der Waals surface area contributed by atoms with Gasteiger partial charge in [-0.2, -0.15) is 13.2 Å². The molecular formula is C100H88Br2F5N9O17S4. The summed E-state index contributed by atoms with van der Waals surface area (Å²) in [6.45, 7) is 10.7. The summed E-state index contributed by atoms with van der Waals surface area (Å²) in [4.78, 5) is 55.2. The van der Waals surface area contributed by atoms with Crippen LogP contribution < -0.4 is 0 Å². The summed E-state index contributed by atoms with van der Waals surface area (Å²) >= 11 is 6.57. The van der Waals surface area contributed by atoms with Crippen molar-refractivity contribution in [3.8, 4) is 11.1 Å². The van der Waals surface area contributed by atoms with Crippen molar-refractivity contribution in [1.82, 2.24) is 43.9 Å². The van der Waals surface area contributed by atoms with Crippen LogP contribution in [0.25, 0.3) is 54.7 Å². The largest absolute Gasteiger partial charge is 0.416 e. The van der Waals surface area contributed by atoms with Crippen LogP contribution in [0, 0.1) is 39.3 Å². The van der Waals surface area contributed by atoms with Gasteiger partial charge < -0.3 is 41.1 Å². The molecule has 137 heavy (non-hydrogen) atoms. The Morgan fingerprint density at radius 3 is 1.24 bits per heavy atom. The van der Waals surface area contributed by atoms with Crippen LogP contribution in [0.15, 0.2) is 296 Å². The first-order valence-electron chi connectivity index (χ1n) is 42.9. The Balaban J connectivity index is 0.000000140. The van der Waals surface area contributed by atoms with Gasteiger partial charge in [0.1, 0.15) is 57.2 Å². The molecule has 0 amide bonds. The average molecular weight is 2070 g/mol. The molecule has 0 saturated carbocycles. The molecule has 0 radical (unpaired) electrons. The van der Waals surface area contributed by atoms with E-state index in [0.29, 0.717) is 118 Å². The molecule has 0 aliphatic carbocycles. The Labute approximate surface area is 800 Å². The number of para-hydroxylation sites is 4. The highest BCUT2D eigenvalue weighted by molar-refractivity contribution is 9.10. The van der Waals surface area contributed by atoms with Crippen LogP contribution in [0.1, 0.15) is 105 Å². The second-order valence-electron chi connectivity index (χ2n) is 33.2. The summed E-state index contributed by atoms with van der Waals surface area (Å²) in [5.41, 5.74) is 9.10. The molecule has 1 atom stereocenters. The molecule has 0 N–H and O–H groups in total. The number of rotatable bonds is 30. The van der Waals surface area contributed by atoms with Gasteiger partial charge in [0.15, 0.2) is 62.5 Å². The van der Waals surface area contributed by atoms with Gasteiger partial charge >= 0.3 is 6.18 Å². The van der Waals surface area contributed by atoms with Crippen LogP contribution in [0.4, 0.5) is 22.0 Å². The van der Waals surface area contributed by atoms with Crippen molar-refractivity contribution in [2.75, 3.05) is 30.5 Å². The summed E-state index contributed by atoms with van der Waals surface area (Å²) in [7, 11) is -15.8. The number of ketones is 4. The second kappa shape index (κ2) is 41.9. The number of carbonyl (C=O) groups is 4.